The topological polar surface area (TPSA) is 46.3 Å². The van der Waals surface area contributed by atoms with Gasteiger partial charge in [0.15, 0.2) is 0 Å². The van der Waals surface area contributed by atoms with Crippen LogP contribution in [0.3, 0.4) is 0 Å². The first-order chi connectivity index (χ1) is 8.20. The number of aryl methyl sites for hydroxylation is 1. The van der Waals surface area contributed by atoms with Crippen LogP contribution in [0.4, 0.5) is 0 Å². The van der Waals surface area contributed by atoms with Gasteiger partial charge in [-0.25, -0.2) is 0 Å². The van der Waals surface area contributed by atoms with Gasteiger partial charge in [-0.2, -0.15) is 0 Å². The second kappa shape index (κ2) is 7.34. The number of nitrogens with two attached hydrogens (primary N) is 1. The van der Waals surface area contributed by atoms with Crippen molar-refractivity contribution in [1.82, 2.24) is 4.90 Å². The van der Waals surface area contributed by atoms with Crippen LogP contribution in [0.2, 0.25) is 5.02 Å². The fourth-order valence-corrected chi connectivity index (χ4v) is 3.34. The van der Waals surface area contributed by atoms with Crippen LogP contribution in [0.15, 0.2) is 11.4 Å². The van der Waals surface area contributed by atoms with Crippen molar-refractivity contribution in [2.45, 2.75) is 31.7 Å². The molecule has 0 spiro atoms. The Bertz CT molecular complexity index is 397. The van der Waals surface area contributed by atoms with Gasteiger partial charge in [0.1, 0.15) is 0 Å². The summed E-state index contributed by atoms with van der Waals surface area (Å²) >= 11 is 7.46. The molecule has 18 heavy (non-hydrogen) atoms. The molecule has 0 aromatic carbocycles. The third kappa shape index (κ3) is 3.85. The van der Waals surface area contributed by atoms with Crippen molar-refractivity contribution in [2.75, 3.05) is 13.1 Å². The van der Waals surface area contributed by atoms with Crippen LogP contribution < -0.4 is 5.73 Å². The lowest BCUT2D eigenvalue weighted by Gasteiger charge is -2.23. The van der Waals surface area contributed by atoms with E-state index in [-0.39, 0.29) is 24.4 Å². The van der Waals surface area contributed by atoms with E-state index in [4.69, 9.17) is 17.3 Å². The lowest BCUT2D eigenvalue weighted by atomic mass is 10.2. The van der Waals surface area contributed by atoms with Crippen LogP contribution in [-0.2, 0) is 11.2 Å². The average molecular weight is 309 g/mol. The lowest BCUT2D eigenvalue weighted by Crippen LogP contribution is -2.39. The Morgan fingerprint density at radius 3 is 3.00 bits per heavy atom. The Morgan fingerprint density at radius 1 is 1.61 bits per heavy atom. The van der Waals surface area contributed by atoms with E-state index in [0.29, 0.717) is 13.0 Å². The molecule has 1 fully saturated rings. The van der Waals surface area contributed by atoms with E-state index >= 15 is 0 Å². The molecule has 2 N–H and O–H groups in total. The van der Waals surface area contributed by atoms with E-state index < -0.39 is 0 Å². The van der Waals surface area contributed by atoms with Crippen molar-refractivity contribution in [3.8, 4) is 0 Å². The predicted octanol–water partition coefficient (Wildman–Crippen LogP) is 2.71. The number of hydrogen-bond donors (Lipinski definition) is 1. The molecule has 1 aliphatic heterocycles. The Morgan fingerprint density at radius 2 is 2.39 bits per heavy atom. The number of thiophene rings is 1. The van der Waals surface area contributed by atoms with Gasteiger partial charge in [0.05, 0.1) is 5.02 Å². The quantitative estimate of drug-likeness (QED) is 0.929. The van der Waals surface area contributed by atoms with Gasteiger partial charge in [-0.15, -0.1) is 23.7 Å². The van der Waals surface area contributed by atoms with E-state index in [9.17, 15) is 4.79 Å². The molecular weight excluding hydrogens is 291 g/mol. The van der Waals surface area contributed by atoms with Gasteiger partial charge in [0, 0.05) is 35.8 Å². The van der Waals surface area contributed by atoms with Gasteiger partial charge in [-0.1, -0.05) is 11.6 Å². The normalized spacial score (nSPS) is 18.8. The Balaban J connectivity index is 0.00000162. The highest BCUT2D eigenvalue weighted by Crippen LogP contribution is 2.22. The molecule has 102 valence electrons. The molecule has 6 heteroatoms. The minimum Gasteiger partial charge on any atom is -0.338 e. The Hall–Kier alpha value is -0.290. The zero-order valence-corrected chi connectivity index (χ0v) is 12.5. The Kier molecular flexibility index (Phi) is 6.43. The minimum absolute atomic E-state index is 0. The molecule has 1 aliphatic rings. The largest absolute Gasteiger partial charge is 0.338 e. The van der Waals surface area contributed by atoms with Crippen LogP contribution in [0.5, 0.6) is 0 Å². The molecule has 2 rings (SSSR count). The standard InChI is InChI=1S/C12H17ClN2OS.ClH/c13-9-6-11(17-8-9)3-4-12(16)15-5-1-2-10(15)7-14;/h6,8,10H,1-5,7,14H2;1H. The maximum Gasteiger partial charge on any atom is 0.223 e. The monoisotopic (exact) mass is 308 g/mol. The first kappa shape index (κ1) is 15.8. The number of nitrogens with zero attached hydrogens (tertiary/aromatic N) is 1. The number of rotatable bonds is 4. The van der Waals surface area contributed by atoms with Crippen molar-refractivity contribution in [3.63, 3.8) is 0 Å². The molecule has 1 atom stereocenters. The summed E-state index contributed by atoms with van der Waals surface area (Å²) in [6, 6.07) is 2.19. The van der Waals surface area contributed by atoms with Crippen LogP contribution in [-0.4, -0.2) is 29.9 Å². The van der Waals surface area contributed by atoms with E-state index in [2.05, 4.69) is 0 Å². The van der Waals surface area contributed by atoms with Gasteiger partial charge in [0.25, 0.3) is 0 Å². The molecule has 0 bridgehead atoms. The zero-order valence-electron chi connectivity index (χ0n) is 10.1. The average Bonchev–Trinajstić information content (AvgIpc) is 2.94. The summed E-state index contributed by atoms with van der Waals surface area (Å²) in [6.45, 7) is 1.45. The van der Waals surface area contributed by atoms with Crippen LogP contribution in [0, 0.1) is 0 Å². The molecule has 0 saturated carbocycles. The highest BCUT2D eigenvalue weighted by molar-refractivity contribution is 7.10. The van der Waals surface area contributed by atoms with Crippen molar-refractivity contribution in [3.05, 3.63) is 21.3 Å². The minimum atomic E-state index is 0. The summed E-state index contributed by atoms with van der Waals surface area (Å²) < 4.78 is 0. The van der Waals surface area contributed by atoms with Gasteiger partial charge in [-0.3, -0.25) is 4.79 Å². The lowest BCUT2D eigenvalue weighted by molar-refractivity contribution is -0.131. The summed E-state index contributed by atoms with van der Waals surface area (Å²) in [5, 5.41) is 2.67. The zero-order chi connectivity index (χ0) is 12.3. The maximum absolute atomic E-state index is 12.0. The van der Waals surface area contributed by atoms with E-state index in [1.807, 2.05) is 16.3 Å². The highest BCUT2D eigenvalue weighted by Gasteiger charge is 2.26. The summed E-state index contributed by atoms with van der Waals surface area (Å²) in [5.74, 6) is 0.225. The first-order valence-electron chi connectivity index (χ1n) is 5.93. The number of carbonyl (C=O) groups is 1. The van der Waals surface area contributed by atoms with Crippen molar-refractivity contribution >= 4 is 41.3 Å². The van der Waals surface area contributed by atoms with Crippen molar-refractivity contribution in [2.24, 2.45) is 5.73 Å². The Labute approximate surface area is 123 Å². The van der Waals surface area contributed by atoms with Gasteiger partial charge in [-0.05, 0) is 25.3 Å². The van der Waals surface area contributed by atoms with Crippen LogP contribution in [0.1, 0.15) is 24.1 Å². The van der Waals surface area contributed by atoms with Gasteiger partial charge in [0.2, 0.25) is 5.91 Å². The third-order valence-electron chi connectivity index (χ3n) is 3.18. The summed E-state index contributed by atoms with van der Waals surface area (Å²) in [7, 11) is 0. The van der Waals surface area contributed by atoms with Crippen LogP contribution in [0.25, 0.3) is 0 Å². The summed E-state index contributed by atoms with van der Waals surface area (Å²) in [6.07, 6.45) is 3.48. The molecule has 1 amide bonds. The smallest absolute Gasteiger partial charge is 0.223 e. The van der Waals surface area contributed by atoms with Gasteiger partial charge < -0.3 is 10.6 Å². The molecule has 0 radical (unpaired) electrons. The summed E-state index contributed by atoms with van der Waals surface area (Å²) in [5.41, 5.74) is 5.66. The fraction of sp³-hybridized carbons (Fsp3) is 0.583. The number of amides is 1. The first-order valence-corrected chi connectivity index (χ1v) is 7.19. The molecule has 1 aromatic heterocycles. The molecule has 1 aromatic rings. The van der Waals surface area contributed by atoms with E-state index in [1.54, 1.807) is 11.3 Å². The van der Waals surface area contributed by atoms with E-state index in [1.165, 1.54) is 4.88 Å². The third-order valence-corrected chi connectivity index (χ3v) is 4.52. The molecule has 1 saturated heterocycles. The fourth-order valence-electron chi connectivity index (χ4n) is 2.27. The maximum atomic E-state index is 12.0. The second-order valence-electron chi connectivity index (χ2n) is 4.35. The van der Waals surface area contributed by atoms with Crippen LogP contribution >= 0.6 is 35.3 Å². The molecule has 0 aliphatic carbocycles. The summed E-state index contributed by atoms with van der Waals surface area (Å²) in [4.78, 5) is 15.1. The highest BCUT2D eigenvalue weighted by atomic mass is 35.5. The SMILES string of the molecule is Cl.NCC1CCCN1C(=O)CCc1cc(Cl)cs1. The number of carbonyl (C=O) groups excluding carboxylic acids is 1. The number of likely N-dealkylation sites (tertiary alicyclic amines) is 1. The van der Waals surface area contributed by atoms with Crippen molar-refractivity contribution in [1.29, 1.82) is 0 Å². The number of halogens is 2. The predicted molar refractivity (Wildman–Crippen MR) is 78.7 cm³/mol. The second-order valence-corrected chi connectivity index (χ2v) is 5.78. The van der Waals surface area contributed by atoms with Gasteiger partial charge >= 0.3 is 0 Å². The molecular formula is C12H18Cl2N2OS. The molecule has 3 nitrogen and oxygen atoms in total. The number of hydrogen-bond acceptors (Lipinski definition) is 3. The molecule has 2 heterocycles. The molecule has 1 unspecified atom stereocenters. The van der Waals surface area contributed by atoms with E-state index in [0.717, 1.165) is 30.8 Å². The van der Waals surface area contributed by atoms with Crippen molar-refractivity contribution < 1.29 is 4.79 Å².